The van der Waals surface area contributed by atoms with Gasteiger partial charge in [0.15, 0.2) is 0 Å². The number of aliphatic hydroxyl groups is 2. The van der Waals surface area contributed by atoms with Gasteiger partial charge in [-0.1, -0.05) is 77.8 Å². The van der Waals surface area contributed by atoms with E-state index in [4.69, 9.17) is 37.4 Å². The minimum Gasteiger partial charge on any atom is -0.454 e. The van der Waals surface area contributed by atoms with Gasteiger partial charge in [-0.2, -0.15) is 0 Å². The van der Waals surface area contributed by atoms with Gasteiger partial charge in [-0.25, -0.2) is 0 Å². The normalized spacial score (nSPS) is 21.2. The van der Waals surface area contributed by atoms with Crippen LogP contribution in [0.4, 0.5) is 0 Å². The third kappa shape index (κ3) is 4.37. The van der Waals surface area contributed by atoms with Gasteiger partial charge >= 0.3 is 11.9 Å². The number of Topliss-reactive ketones (excluding diaryl/α,β-unsaturated/α-hetero) is 3. The fourth-order valence-corrected chi connectivity index (χ4v) is 6.31. The first-order valence-corrected chi connectivity index (χ1v) is 14.5. The summed E-state index contributed by atoms with van der Waals surface area (Å²) < 4.78 is 15.9. The highest BCUT2D eigenvalue weighted by molar-refractivity contribution is 6.33. The molecule has 7 rings (SSSR count). The first kappa shape index (κ1) is 31.1. The number of hydrogen-bond donors (Lipinski definition) is 2. The summed E-state index contributed by atoms with van der Waals surface area (Å²) in [7, 11) is 0. The molecule has 0 saturated heterocycles. The number of fused-ring (bicyclic) bond motifs is 6. The molecule has 0 spiro atoms. The van der Waals surface area contributed by atoms with Crippen LogP contribution in [0, 0.1) is 0 Å². The van der Waals surface area contributed by atoms with Gasteiger partial charge in [-0.3, -0.25) is 24.0 Å². The van der Waals surface area contributed by atoms with Crippen LogP contribution in [0.2, 0.25) is 10.0 Å². The molecule has 3 aliphatic rings. The lowest BCUT2D eigenvalue weighted by molar-refractivity contribution is -0.224. The summed E-state index contributed by atoms with van der Waals surface area (Å²) >= 11 is 11.8. The molecular formula is C34H22Cl2O10. The van der Waals surface area contributed by atoms with Crippen LogP contribution in [0.25, 0.3) is 0 Å². The number of rotatable bonds is 3. The van der Waals surface area contributed by atoms with Crippen LogP contribution >= 0.6 is 23.2 Å². The van der Waals surface area contributed by atoms with Gasteiger partial charge in [0, 0.05) is 51.7 Å². The van der Waals surface area contributed by atoms with Crippen molar-refractivity contribution in [1.82, 2.24) is 0 Å². The molecule has 0 amide bonds. The van der Waals surface area contributed by atoms with E-state index >= 15 is 0 Å². The Morgan fingerprint density at radius 1 is 0.674 bits per heavy atom. The molecule has 2 aliphatic carbocycles. The smallest absolute Gasteiger partial charge is 0.308 e. The van der Waals surface area contributed by atoms with E-state index < -0.39 is 46.3 Å². The Morgan fingerprint density at radius 2 is 1.22 bits per heavy atom. The van der Waals surface area contributed by atoms with Gasteiger partial charge in [0.2, 0.25) is 23.0 Å². The Kier molecular flexibility index (Phi) is 7.37. The molecule has 4 aromatic carbocycles. The van der Waals surface area contributed by atoms with Crippen LogP contribution in [-0.4, -0.2) is 39.5 Å². The Labute approximate surface area is 271 Å². The maximum absolute atomic E-state index is 13.1. The average Bonchev–Trinajstić information content (AvgIpc) is 3.44. The van der Waals surface area contributed by atoms with Crippen molar-refractivity contribution in [2.45, 2.75) is 30.8 Å². The number of carbonyl (C=O) groups is 5. The van der Waals surface area contributed by atoms with Crippen molar-refractivity contribution in [2.75, 3.05) is 0 Å². The molecule has 0 aromatic heterocycles. The number of benzene rings is 4. The SMILES string of the molecule is CC(=O)Oc1cc(Cl)ccc1C1(OC(C)=O)C(=O)c2ccccc2C1=O.O=C1c2ccccc2C2(O)Oc3cc(Cl)ccc3C12O. The second-order valence-electron chi connectivity index (χ2n) is 10.7. The molecule has 4 aromatic rings. The van der Waals surface area contributed by atoms with Crippen LogP contribution in [0.5, 0.6) is 11.5 Å². The number of ketones is 3. The molecule has 2 unspecified atom stereocenters. The maximum atomic E-state index is 13.1. The molecule has 1 heterocycles. The van der Waals surface area contributed by atoms with Crippen LogP contribution in [0.15, 0.2) is 84.9 Å². The van der Waals surface area contributed by atoms with E-state index in [2.05, 4.69) is 0 Å². The fourth-order valence-electron chi connectivity index (χ4n) is 5.99. The van der Waals surface area contributed by atoms with Gasteiger partial charge in [-0.15, -0.1) is 0 Å². The van der Waals surface area contributed by atoms with Crippen LogP contribution < -0.4 is 9.47 Å². The van der Waals surface area contributed by atoms with E-state index in [1.54, 1.807) is 42.5 Å². The molecule has 2 atom stereocenters. The summed E-state index contributed by atoms with van der Waals surface area (Å²) in [6, 6.07) is 21.2. The van der Waals surface area contributed by atoms with Crippen molar-refractivity contribution in [3.8, 4) is 11.5 Å². The molecule has 232 valence electrons. The van der Waals surface area contributed by atoms with Crippen molar-refractivity contribution in [2.24, 2.45) is 0 Å². The standard InChI is InChI=1S/C19H13ClO6.C15H9ClO4/c1-10(21)25-16-9-12(20)7-8-15(16)19(26-11(2)22)17(23)13-5-3-4-6-14(13)18(19)24;16-8-5-6-11-12(7-8)20-15(19)10-4-2-1-3-9(10)13(17)14(11,15)18/h3-9H,1-2H3;1-7,18-19H. The Balaban J connectivity index is 0.000000166. The number of hydrogen-bond acceptors (Lipinski definition) is 10. The third-order valence-corrected chi connectivity index (χ3v) is 8.35. The molecule has 0 fully saturated rings. The lowest BCUT2D eigenvalue weighted by Crippen LogP contribution is -2.48. The number of ether oxygens (including phenoxy) is 3. The lowest BCUT2D eigenvalue weighted by Gasteiger charge is -2.28. The van der Waals surface area contributed by atoms with Crippen molar-refractivity contribution in [3.63, 3.8) is 0 Å². The van der Waals surface area contributed by atoms with E-state index in [1.165, 1.54) is 42.5 Å². The average molecular weight is 661 g/mol. The highest BCUT2D eigenvalue weighted by Crippen LogP contribution is 2.58. The van der Waals surface area contributed by atoms with E-state index in [1.807, 2.05) is 0 Å². The Hall–Kier alpha value is -4.87. The summed E-state index contributed by atoms with van der Waals surface area (Å²) in [5.74, 6) is -5.51. The highest BCUT2D eigenvalue weighted by atomic mass is 35.5. The highest BCUT2D eigenvalue weighted by Gasteiger charge is 2.70. The zero-order valence-electron chi connectivity index (χ0n) is 24.0. The molecule has 0 bridgehead atoms. The van der Waals surface area contributed by atoms with E-state index in [0.29, 0.717) is 5.02 Å². The van der Waals surface area contributed by atoms with Crippen LogP contribution in [0.1, 0.15) is 61.6 Å². The van der Waals surface area contributed by atoms with Crippen molar-refractivity contribution in [1.29, 1.82) is 0 Å². The second kappa shape index (κ2) is 10.9. The van der Waals surface area contributed by atoms with Crippen LogP contribution in [0.3, 0.4) is 0 Å². The summed E-state index contributed by atoms with van der Waals surface area (Å²) in [5.41, 5.74) is -3.44. The van der Waals surface area contributed by atoms with Crippen molar-refractivity contribution < 1.29 is 48.4 Å². The maximum Gasteiger partial charge on any atom is 0.308 e. The summed E-state index contributed by atoms with van der Waals surface area (Å²) in [6.45, 7) is 2.25. The quantitative estimate of drug-likeness (QED) is 0.173. The van der Waals surface area contributed by atoms with Gasteiger partial charge in [0.1, 0.15) is 11.5 Å². The van der Waals surface area contributed by atoms with Gasteiger partial charge in [-0.05, 0) is 30.3 Å². The van der Waals surface area contributed by atoms with Crippen molar-refractivity contribution >= 4 is 52.5 Å². The number of halogens is 2. The molecule has 12 heteroatoms. The number of esters is 2. The Morgan fingerprint density at radius 3 is 1.80 bits per heavy atom. The molecule has 46 heavy (non-hydrogen) atoms. The zero-order chi connectivity index (χ0) is 33.2. The monoisotopic (exact) mass is 660 g/mol. The third-order valence-electron chi connectivity index (χ3n) is 7.88. The Bertz CT molecular complexity index is 1990. The van der Waals surface area contributed by atoms with E-state index in [9.17, 15) is 34.2 Å². The van der Waals surface area contributed by atoms with Gasteiger partial charge in [0.05, 0.1) is 5.56 Å². The van der Waals surface area contributed by atoms with Crippen molar-refractivity contribution in [3.05, 3.63) is 128 Å². The largest absolute Gasteiger partial charge is 0.454 e. The molecule has 0 saturated carbocycles. The van der Waals surface area contributed by atoms with Gasteiger partial charge < -0.3 is 24.4 Å². The minimum absolute atomic E-state index is 0.0569. The first-order chi connectivity index (χ1) is 21.8. The molecule has 0 radical (unpaired) electrons. The molecule has 2 N–H and O–H groups in total. The fraction of sp³-hybridized carbons (Fsp3) is 0.147. The summed E-state index contributed by atoms with van der Waals surface area (Å²) in [5, 5.41) is 22.3. The number of carbonyl (C=O) groups excluding carboxylic acids is 5. The minimum atomic E-state index is -2.26. The molecule has 1 aliphatic heterocycles. The topological polar surface area (TPSA) is 154 Å². The zero-order valence-corrected chi connectivity index (χ0v) is 25.5. The second-order valence-corrected chi connectivity index (χ2v) is 11.6. The van der Waals surface area contributed by atoms with E-state index in [-0.39, 0.29) is 49.9 Å². The summed E-state index contributed by atoms with van der Waals surface area (Å²) in [4.78, 5) is 62.0. The predicted octanol–water partition coefficient (Wildman–Crippen LogP) is 5.06. The van der Waals surface area contributed by atoms with E-state index in [0.717, 1.165) is 13.8 Å². The lowest BCUT2D eigenvalue weighted by atomic mass is 9.87. The predicted molar refractivity (Wildman–Crippen MR) is 162 cm³/mol. The van der Waals surface area contributed by atoms with Gasteiger partial charge in [0.25, 0.3) is 11.4 Å². The summed E-state index contributed by atoms with van der Waals surface area (Å²) in [6.07, 6.45) is 0. The molecule has 10 nitrogen and oxygen atoms in total. The first-order valence-electron chi connectivity index (χ1n) is 13.7. The molecular weight excluding hydrogens is 639 g/mol. The van der Waals surface area contributed by atoms with Crippen LogP contribution in [-0.2, 0) is 31.3 Å².